The van der Waals surface area contributed by atoms with Gasteiger partial charge in [-0.15, -0.1) is 0 Å². The maximum absolute atomic E-state index is 13.6. The van der Waals surface area contributed by atoms with Crippen molar-refractivity contribution in [3.05, 3.63) is 88.5 Å². The standard InChI is InChI=1S/C38H44N12O6.CH4/c1-6-49-29(14-22(4)45-49)35(54)43-37-41-26-16-24(33(39)52)10-11-28(26)47(37)12-8-9-13-48-32-27(17-25(34(40)53)18-31(32)56-20-21(3)19-51)42-38(48)44-36(55)30-15-23(5)46-50(30)7-2;/h8-11,14-18,21,51H,6-7,12-13,19-20H2,1-5H3,(H2,39,52)(H2,40,53)(H,41,43,54)(H,42,44,55);1H4/b9-8+;. The quantitative estimate of drug-likeness (QED) is 0.0883. The van der Waals surface area contributed by atoms with Crippen LogP contribution in [0.25, 0.3) is 22.1 Å². The minimum absolute atomic E-state index is 0. The van der Waals surface area contributed by atoms with Gasteiger partial charge in [-0.05, 0) is 70.2 Å². The van der Waals surface area contributed by atoms with E-state index in [1.807, 2.05) is 32.9 Å². The van der Waals surface area contributed by atoms with E-state index in [9.17, 15) is 24.3 Å². The van der Waals surface area contributed by atoms with Crippen molar-refractivity contribution in [3.63, 3.8) is 0 Å². The molecule has 7 N–H and O–H groups in total. The van der Waals surface area contributed by atoms with Crippen LogP contribution in [0.5, 0.6) is 5.75 Å². The fourth-order valence-corrected chi connectivity index (χ4v) is 6.23. The molecule has 0 bridgehead atoms. The van der Waals surface area contributed by atoms with Crippen LogP contribution in [0.1, 0.15) is 81.3 Å². The number of nitrogens with one attached hydrogen (secondary N) is 2. The average Bonchev–Trinajstić information content (AvgIpc) is 3.93. The highest BCUT2D eigenvalue weighted by Gasteiger charge is 2.23. The first kappa shape index (κ1) is 41.3. The van der Waals surface area contributed by atoms with Crippen LogP contribution in [0.4, 0.5) is 11.9 Å². The molecule has 1 unspecified atom stereocenters. The van der Waals surface area contributed by atoms with Gasteiger partial charge in [-0.25, -0.2) is 9.97 Å². The van der Waals surface area contributed by atoms with Crippen molar-refractivity contribution in [2.75, 3.05) is 23.8 Å². The molecule has 0 spiro atoms. The molecule has 0 saturated carbocycles. The normalized spacial score (nSPS) is 11.9. The van der Waals surface area contributed by atoms with Crippen molar-refractivity contribution in [3.8, 4) is 5.75 Å². The average molecular weight is 781 g/mol. The lowest BCUT2D eigenvalue weighted by Gasteiger charge is -2.15. The lowest BCUT2D eigenvalue weighted by Crippen LogP contribution is -2.20. The second-order valence-corrected chi connectivity index (χ2v) is 13.3. The highest BCUT2D eigenvalue weighted by atomic mass is 16.5. The SMILES string of the molecule is C.CCn1nc(C)cc1C(=O)Nc1nc2cc(C(N)=O)ccc2n1C/C=C/Cn1c(NC(=O)c2cc(C)nn2CC)nc2cc(C(N)=O)cc(OCC(C)CO)c21. The molecule has 18 nitrogen and oxygen atoms in total. The summed E-state index contributed by atoms with van der Waals surface area (Å²) in [6.07, 6.45) is 3.68. The van der Waals surface area contributed by atoms with Gasteiger partial charge in [0.1, 0.15) is 22.7 Å². The Kier molecular flexibility index (Phi) is 12.6. The van der Waals surface area contributed by atoms with Crippen LogP contribution >= 0.6 is 0 Å². The number of aliphatic hydroxyl groups excluding tert-OH is 1. The molecule has 2 aromatic carbocycles. The van der Waals surface area contributed by atoms with Crippen LogP contribution < -0.4 is 26.8 Å². The summed E-state index contributed by atoms with van der Waals surface area (Å²) in [5, 5.41) is 24.2. The number of imidazole rings is 2. The van der Waals surface area contributed by atoms with E-state index in [1.54, 1.807) is 62.7 Å². The third-order valence-electron chi connectivity index (χ3n) is 9.02. The molecule has 1 atom stereocenters. The van der Waals surface area contributed by atoms with E-state index >= 15 is 0 Å². The number of carbonyl (C=O) groups excluding carboxylic acids is 4. The van der Waals surface area contributed by atoms with Gasteiger partial charge in [0.2, 0.25) is 23.7 Å². The van der Waals surface area contributed by atoms with E-state index in [0.717, 1.165) is 0 Å². The molecule has 0 aliphatic carbocycles. The maximum atomic E-state index is 13.6. The Hall–Kier alpha value is -6.82. The number of aliphatic hydroxyl groups is 1. The molecule has 6 rings (SSSR count). The Bertz CT molecular complexity index is 2510. The molecule has 0 fully saturated rings. The number of nitrogens with two attached hydrogens (primary N) is 2. The Morgan fingerprint density at radius 3 is 1.86 bits per heavy atom. The Morgan fingerprint density at radius 1 is 0.789 bits per heavy atom. The molecule has 4 amide bonds. The fraction of sp³-hybridized carbons (Fsp3) is 0.333. The van der Waals surface area contributed by atoms with E-state index in [1.165, 1.54) is 12.1 Å². The van der Waals surface area contributed by atoms with Crippen LogP contribution in [0.3, 0.4) is 0 Å². The molecule has 57 heavy (non-hydrogen) atoms. The molecule has 4 heterocycles. The summed E-state index contributed by atoms with van der Waals surface area (Å²) in [4.78, 5) is 60.8. The van der Waals surface area contributed by atoms with Crippen molar-refractivity contribution < 1.29 is 29.0 Å². The zero-order valence-corrected chi connectivity index (χ0v) is 31.7. The number of aromatic nitrogens is 8. The van der Waals surface area contributed by atoms with E-state index in [4.69, 9.17) is 21.2 Å². The molecule has 0 aliphatic heterocycles. The van der Waals surface area contributed by atoms with E-state index in [2.05, 4.69) is 25.8 Å². The van der Waals surface area contributed by atoms with Crippen molar-refractivity contribution in [1.29, 1.82) is 0 Å². The highest BCUT2D eigenvalue weighted by Crippen LogP contribution is 2.32. The maximum Gasteiger partial charge on any atom is 0.276 e. The first-order valence-corrected chi connectivity index (χ1v) is 18.1. The van der Waals surface area contributed by atoms with Gasteiger partial charge >= 0.3 is 0 Å². The van der Waals surface area contributed by atoms with Crippen molar-refractivity contribution in [2.24, 2.45) is 17.4 Å². The van der Waals surface area contributed by atoms with Gasteiger partial charge in [-0.3, -0.25) is 39.2 Å². The molecular weight excluding hydrogens is 733 g/mol. The second kappa shape index (κ2) is 17.3. The molecule has 18 heteroatoms. The highest BCUT2D eigenvalue weighted by molar-refractivity contribution is 6.05. The molecular formula is C39H48N12O6. The summed E-state index contributed by atoms with van der Waals surface area (Å²) < 4.78 is 12.8. The Morgan fingerprint density at radius 2 is 1.32 bits per heavy atom. The van der Waals surface area contributed by atoms with Gasteiger partial charge < -0.3 is 30.4 Å². The number of hydrogen-bond acceptors (Lipinski definition) is 10. The number of ether oxygens (including phenoxy) is 1. The monoisotopic (exact) mass is 780 g/mol. The van der Waals surface area contributed by atoms with Crippen molar-refractivity contribution in [2.45, 2.75) is 68.2 Å². The lowest BCUT2D eigenvalue weighted by atomic mass is 10.1. The smallest absolute Gasteiger partial charge is 0.276 e. The van der Waals surface area contributed by atoms with Gasteiger partial charge in [0, 0.05) is 49.8 Å². The number of hydrogen-bond donors (Lipinski definition) is 5. The Labute approximate surface area is 328 Å². The molecule has 4 aromatic heterocycles. The molecule has 0 radical (unpaired) electrons. The van der Waals surface area contributed by atoms with Crippen molar-refractivity contribution in [1.82, 2.24) is 38.7 Å². The predicted molar refractivity (Wildman–Crippen MR) is 215 cm³/mol. The van der Waals surface area contributed by atoms with E-state index in [0.29, 0.717) is 57.9 Å². The first-order valence-electron chi connectivity index (χ1n) is 18.1. The van der Waals surface area contributed by atoms with Gasteiger partial charge in [-0.1, -0.05) is 26.5 Å². The number of rotatable bonds is 16. The number of primary amides is 2. The third-order valence-corrected chi connectivity index (χ3v) is 9.02. The topological polar surface area (TPSA) is 245 Å². The Balaban J connectivity index is 0.00000620. The van der Waals surface area contributed by atoms with Crippen LogP contribution in [-0.4, -0.2) is 80.6 Å². The number of carbonyl (C=O) groups is 4. The summed E-state index contributed by atoms with van der Waals surface area (Å²) in [7, 11) is 0. The number of aryl methyl sites for hydroxylation is 4. The number of fused-ring (bicyclic) bond motifs is 2. The van der Waals surface area contributed by atoms with E-state index < -0.39 is 23.6 Å². The zero-order chi connectivity index (χ0) is 40.3. The lowest BCUT2D eigenvalue weighted by molar-refractivity contribution is 0.0991. The van der Waals surface area contributed by atoms with Crippen LogP contribution in [0, 0.1) is 19.8 Å². The van der Waals surface area contributed by atoms with Gasteiger partial charge in [-0.2, -0.15) is 10.2 Å². The zero-order valence-electron chi connectivity index (χ0n) is 31.7. The first-order chi connectivity index (χ1) is 26.8. The minimum Gasteiger partial charge on any atom is -0.491 e. The van der Waals surface area contributed by atoms with Gasteiger partial charge in [0.25, 0.3) is 11.8 Å². The fourth-order valence-electron chi connectivity index (χ4n) is 6.23. The molecule has 6 aromatic rings. The number of nitrogens with zero attached hydrogens (tertiary/aromatic N) is 8. The number of allylic oxidation sites excluding steroid dienone is 2. The minimum atomic E-state index is -0.693. The molecule has 0 aliphatic rings. The van der Waals surface area contributed by atoms with Crippen molar-refractivity contribution >= 4 is 57.6 Å². The van der Waals surface area contributed by atoms with Crippen LogP contribution in [0.15, 0.2) is 54.6 Å². The third kappa shape index (κ3) is 8.70. The number of benzene rings is 2. The van der Waals surface area contributed by atoms with E-state index in [-0.39, 0.29) is 68.4 Å². The van der Waals surface area contributed by atoms with Gasteiger partial charge in [0.15, 0.2) is 0 Å². The molecule has 0 saturated heterocycles. The number of anilines is 2. The predicted octanol–water partition coefficient (Wildman–Crippen LogP) is 4.04. The van der Waals surface area contributed by atoms with Crippen LogP contribution in [-0.2, 0) is 26.2 Å². The van der Waals surface area contributed by atoms with Gasteiger partial charge in [0.05, 0.1) is 34.5 Å². The summed E-state index contributed by atoms with van der Waals surface area (Å²) in [6, 6.07) is 11.3. The second-order valence-electron chi connectivity index (χ2n) is 13.3. The number of amides is 4. The summed E-state index contributed by atoms with van der Waals surface area (Å²) in [5.41, 5.74) is 15.6. The largest absolute Gasteiger partial charge is 0.491 e. The summed E-state index contributed by atoms with van der Waals surface area (Å²) >= 11 is 0. The molecule has 300 valence electrons. The summed E-state index contributed by atoms with van der Waals surface area (Å²) in [5.74, 6) is -1.70. The van der Waals surface area contributed by atoms with Crippen LogP contribution in [0.2, 0.25) is 0 Å². The summed E-state index contributed by atoms with van der Waals surface area (Å²) in [6.45, 7) is 10.5.